The largest absolute Gasteiger partial charge is 0.497 e. The Hall–Kier alpha value is -2.34. The number of nitrogens with one attached hydrogen (secondary N) is 1. The Balaban J connectivity index is 1.69. The maximum absolute atomic E-state index is 12.0. The third kappa shape index (κ3) is 6.58. The number of benzene rings is 2. The van der Waals surface area contributed by atoms with E-state index in [0.717, 1.165) is 22.1 Å². The van der Waals surface area contributed by atoms with Crippen LogP contribution in [0.25, 0.3) is 0 Å². The van der Waals surface area contributed by atoms with Gasteiger partial charge in [-0.05, 0) is 55.5 Å². The Bertz CT molecular complexity index is 658. The minimum Gasteiger partial charge on any atom is -0.497 e. The smallest absolute Gasteiger partial charge is 0.230 e. The fraction of sp³-hybridized carbons (Fsp3) is 0.316. The molecule has 0 heterocycles. The number of rotatable bonds is 9. The van der Waals surface area contributed by atoms with Gasteiger partial charge < -0.3 is 19.5 Å². The first-order valence-corrected chi connectivity index (χ1v) is 8.92. The van der Waals surface area contributed by atoms with Crippen LogP contribution in [0.3, 0.4) is 0 Å². The summed E-state index contributed by atoms with van der Waals surface area (Å²) in [7, 11) is 3.25. The molecule has 2 aromatic rings. The monoisotopic (exact) mass is 361 g/mol. The number of carbonyl (C=O) groups is 1. The summed E-state index contributed by atoms with van der Waals surface area (Å²) in [6.45, 7) is 2.32. The summed E-state index contributed by atoms with van der Waals surface area (Å²) in [5.41, 5.74) is 0. The molecular formula is C19H23NO4S. The number of thioether (sulfide) groups is 1. The van der Waals surface area contributed by atoms with Crippen LogP contribution in [0.2, 0.25) is 0 Å². The van der Waals surface area contributed by atoms with Crippen LogP contribution in [0.5, 0.6) is 17.2 Å². The number of ether oxygens (including phenoxy) is 3. The molecule has 1 atom stereocenters. The van der Waals surface area contributed by atoms with E-state index < -0.39 is 0 Å². The highest BCUT2D eigenvalue weighted by molar-refractivity contribution is 8.00. The van der Waals surface area contributed by atoms with Crippen LogP contribution < -0.4 is 19.5 Å². The van der Waals surface area contributed by atoms with E-state index in [4.69, 9.17) is 14.2 Å². The number of hydrogen-bond donors (Lipinski definition) is 1. The molecule has 0 aliphatic rings. The zero-order valence-corrected chi connectivity index (χ0v) is 15.5. The summed E-state index contributed by atoms with van der Waals surface area (Å²) in [5, 5.41) is 2.93. The first kappa shape index (κ1) is 19.0. The van der Waals surface area contributed by atoms with Crippen LogP contribution in [-0.4, -0.2) is 38.5 Å². The Morgan fingerprint density at radius 2 is 1.48 bits per heavy atom. The predicted octanol–water partition coefficient (Wildman–Crippen LogP) is 3.38. The Morgan fingerprint density at radius 3 is 2.04 bits per heavy atom. The summed E-state index contributed by atoms with van der Waals surface area (Å²) in [4.78, 5) is 13.0. The van der Waals surface area contributed by atoms with Gasteiger partial charge in [-0.25, -0.2) is 0 Å². The Morgan fingerprint density at radius 1 is 0.960 bits per heavy atom. The van der Waals surface area contributed by atoms with Crippen LogP contribution in [0.4, 0.5) is 0 Å². The molecule has 0 radical (unpaired) electrons. The van der Waals surface area contributed by atoms with Crippen molar-refractivity contribution in [2.24, 2.45) is 0 Å². The molecule has 0 unspecified atom stereocenters. The van der Waals surface area contributed by atoms with Crippen LogP contribution >= 0.6 is 11.8 Å². The highest BCUT2D eigenvalue weighted by Crippen LogP contribution is 2.21. The molecular weight excluding hydrogens is 338 g/mol. The van der Waals surface area contributed by atoms with Crippen molar-refractivity contribution in [2.75, 3.05) is 26.6 Å². The Kier molecular flexibility index (Phi) is 7.47. The second-order valence-corrected chi connectivity index (χ2v) is 6.47. The molecule has 2 aromatic carbocycles. The average molecular weight is 361 g/mol. The fourth-order valence-corrected chi connectivity index (χ4v) is 2.78. The molecule has 0 bridgehead atoms. The predicted molar refractivity (Wildman–Crippen MR) is 99.8 cm³/mol. The van der Waals surface area contributed by atoms with Crippen molar-refractivity contribution in [3.8, 4) is 17.2 Å². The first-order valence-electron chi connectivity index (χ1n) is 7.94. The lowest BCUT2D eigenvalue weighted by Crippen LogP contribution is -2.37. The summed E-state index contributed by atoms with van der Waals surface area (Å²) in [5.74, 6) is 2.67. The van der Waals surface area contributed by atoms with E-state index in [1.54, 1.807) is 14.2 Å². The quantitative estimate of drug-likeness (QED) is 0.694. The second kappa shape index (κ2) is 9.84. The molecule has 1 amide bonds. The molecule has 0 saturated carbocycles. The number of carbonyl (C=O) groups excluding carboxylic acids is 1. The van der Waals surface area contributed by atoms with Crippen molar-refractivity contribution in [3.63, 3.8) is 0 Å². The highest BCUT2D eigenvalue weighted by atomic mass is 32.2. The number of amides is 1. The van der Waals surface area contributed by atoms with Gasteiger partial charge in [-0.2, -0.15) is 0 Å². The molecule has 0 aliphatic heterocycles. The van der Waals surface area contributed by atoms with E-state index in [1.807, 2.05) is 55.5 Å². The van der Waals surface area contributed by atoms with Crippen molar-refractivity contribution in [2.45, 2.75) is 17.9 Å². The van der Waals surface area contributed by atoms with E-state index >= 15 is 0 Å². The van der Waals surface area contributed by atoms with E-state index in [-0.39, 0.29) is 11.9 Å². The van der Waals surface area contributed by atoms with Gasteiger partial charge >= 0.3 is 0 Å². The average Bonchev–Trinajstić information content (AvgIpc) is 2.65. The van der Waals surface area contributed by atoms with Gasteiger partial charge in [0, 0.05) is 4.90 Å². The van der Waals surface area contributed by atoms with Gasteiger partial charge in [0.1, 0.15) is 23.9 Å². The summed E-state index contributed by atoms with van der Waals surface area (Å²) >= 11 is 1.49. The van der Waals surface area contributed by atoms with Crippen LogP contribution in [0, 0.1) is 0 Å². The fourth-order valence-electron chi connectivity index (χ4n) is 2.07. The lowest BCUT2D eigenvalue weighted by molar-refractivity contribution is -0.119. The molecule has 0 aliphatic carbocycles. The van der Waals surface area contributed by atoms with Gasteiger partial charge in [0.2, 0.25) is 5.91 Å². The molecule has 1 N–H and O–H groups in total. The van der Waals surface area contributed by atoms with Gasteiger partial charge in [0.25, 0.3) is 0 Å². The van der Waals surface area contributed by atoms with Gasteiger partial charge in [-0.15, -0.1) is 11.8 Å². The van der Waals surface area contributed by atoms with Crippen LogP contribution in [0.15, 0.2) is 53.4 Å². The summed E-state index contributed by atoms with van der Waals surface area (Å²) in [6.07, 6.45) is 0. The maximum atomic E-state index is 12.0. The summed E-state index contributed by atoms with van der Waals surface area (Å²) in [6, 6.07) is 14.9. The molecule has 6 heteroatoms. The van der Waals surface area contributed by atoms with Gasteiger partial charge in [-0.3, -0.25) is 4.79 Å². The van der Waals surface area contributed by atoms with Crippen molar-refractivity contribution in [3.05, 3.63) is 48.5 Å². The SMILES string of the molecule is COc1ccc(OC[C@H](C)NC(=O)CSc2ccc(OC)cc2)cc1. The number of hydrogen-bond acceptors (Lipinski definition) is 5. The molecule has 2 rings (SSSR count). The zero-order valence-electron chi connectivity index (χ0n) is 14.7. The molecule has 25 heavy (non-hydrogen) atoms. The lowest BCUT2D eigenvalue weighted by Gasteiger charge is -2.15. The molecule has 134 valence electrons. The topological polar surface area (TPSA) is 56.8 Å². The normalized spacial score (nSPS) is 11.5. The highest BCUT2D eigenvalue weighted by Gasteiger charge is 2.09. The van der Waals surface area contributed by atoms with Crippen LogP contribution in [0.1, 0.15) is 6.92 Å². The van der Waals surface area contributed by atoms with Crippen molar-refractivity contribution in [1.82, 2.24) is 5.32 Å². The molecule has 0 saturated heterocycles. The van der Waals surface area contributed by atoms with E-state index in [2.05, 4.69) is 5.32 Å². The van der Waals surface area contributed by atoms with E-state index in [0.29, 0.717) is 12.4 Å². The van der Waals surface area contributed by atoms with Gasteiger partial charge in [0.05, 0.1) is 26.0 Å². The minimum atomic E-state index is -0.0777. The lowest BCUT2D eigenvalue weighted by atomic mass is 10.3. The van der Waals surface area contributed by atoms with Crippen molar-refractivity contribution >= 4 is 17.7 Å². The third-order valence-corrected chi connectivity index (χ3v) is 4.41. The van der Waals surface area contributed by atoms with Gasteiger partial charge in [-0.1, -0.05) is 0 Å². The third-order valence-electron chi connectivity index (χ3n) is 3.40. The molecule has 5 nitrogen and oxygen atoms in total. The van der Waals surface area contributed by atoms with Gasteiger partial charge in [0.15, 0.2) is 0 Å². The zero-order chi connectivity index (χ0) is 18.1. The molecule has 0 fully saturated rings. The van der Waals surface area contributed by atoms with E-state index in [9.17, 15) is 4.79 Å². The minimum absolute atomic E-state index is 0.0216. The second-order valence-electron chi connectivity index (χ2n) is 5.42. The van der Waals surface area contributed by atoms with E-state index in [1.165, 1.54) is 11.8 Å². The molecule has 0 aromatic heterocycles. The standard InChI is InChI=1S/C19H23NO4S/c1-14(12-24-17-6-4-15(22-2)5-7-17)20-19(21)13-25-18-10-8-16(23-3)9-11-18/h4-11,14H,12-13H2,1-3H3,(H,20,21)/t14-/m0/s1. The first-order chi connectivity index (χ1) is 12.1. The Labute approximate surface area is 152 Å². The maximum Gasteiger partial charge on any atom is 0.230 e. The summed E-state index contributed by atoms with van der Waals surface area (Å²) < 4.78 is 15.9. The van der Waals surface area contributed by atoms with Crippen molar-refractivity contribution in [1.29, 1.82) is 0 Å². The molecule has 0 spiro atoms. The van der Waals surface area contributed by atoms with Crippen LogP contribution in [-0.2, 0) is 4.79 Å². The van der Waals surface area contributed by atoms with Crippen molar-refractivity contribution < 1.29 is 19.0 Å². The number of methoxy groups -OCH3 is 2.